The van der Waals surface area contributed by atoms with Gasteiger partial charge in [0.25, 0.3) is 5.91 Å². The summed E-state index contributed by atoms with van der Waals surface area (Å²) < 4.78 is 0.399. The summed E-state index contributed by atoms with van der Waals surface area (Å²) in [6.07, 6.45) is 1.39. The van der Waals surface area contributed by atoms with Crippen LogP contribution in [0.2, 0.25) is 0 Å². The molecule has 0 atom stereocenters. The van der Waals surface area contributed by atoms with E-state index in [0.29, 0.717) is 15.6 Å². The van der Waals surface area contributed by atoms with Gasteiger partial charge in [-0.05, 0) is 0 Å². The number of hydrogen-bond donors (Lipinski definition) is 0. The van der Waals surface area contributed by atoms with E-state index in [9.17, 15) is 14.9 Å². The van der Waals surface area contributed by atoms with E-state index in [1.165, 1.54) is 24.0 Å². The van der Waals surface area contributed by atoms with E-state index >= 15 is 0 Å². The van der Waals surface area contributed by atoms with Gasteiger partial charge in [0.1, 0.15) is 0 Å². The molecule has 0 aromatic carbocycles. The topological polar surface area (TPSA) is 75.8 Å². The lowest BCUT2D eigenvalue weighted by Crippen LogP contribution is -2.22. The molecular formula is C8H5N3O3S3. The Kier molecular flexibility index (Phi) is 3.50. The molecule has 17 heavy (non-hydrogen) atoms. The Balaban J connectivity index is 2.12. The van der Waals surface area contributed by atoms with Crippen molar-refractivity contribution in [3.63, 3.8) is 0 Å². The van der Waals surface area contributed by atoms with Crippen LogP contribution >= 0.6 is 35.3 Å². The number of nitrogens with zero attached hydrogens (tertiary/aromatic N) is 3. The van der Waals surface area contributed by atoms with E-state index in [-0.39, 0.29) is 10.9 Å². The van der Waals surface area contributed by atoms with Gasteiger partial charge >= 0.3 is 5.00 Å². The van der Waals surface area contributed by atoms with Crippen molar-refractivity contribution in [3.8, 4) is 0 Å². The number of thiophene rings is 1. The lowest BCUT2D eigenvalue weighted by atomic mass is 10.4. The second-order valence-electron chi connectivity index (χ2n) is 2.98. The smallest absolute Gasteiger partial charge is 0.272 e. The van der Waals surface area contributed by atoms with E-state index in [0.717, 1.165) is 16.3 Å². The summed E-state index contributed by atoms with van der Waals surface area (Å²) >= 11 is 7.19. The Morgan fingerprint density at radius 2 is 2.41 bits per heavy atom. The van der Waals surface area contributed by atoms with Gasteiger partial charge < -0.3 is 0 Å². The zero-order chi connectivity index (χ0) is 12.4. The predicted molar refractivity (Wildman–Crippen MR) is 70.5 cm³/mol. The largest absolute Gasteiger partial charge is 0.324 e. The number of thiocarbonyl (C=S) groups is 1. The van der Waals surface area contributed by atoms with Crippen molar-refractivity contribution in [1.29, 1.82) is 0 Å². The quantitative estimate of drug-likeness (QED) is 0.367. The minimum atomic E-state index is -0.469. The number of rotatable bonds is 3. The van der Waals surface area contributed by atoms with E-state index in [2.05, 4.69) is 5.10 Å². The van der Waals surface area contributed by atoms with Crippen LogP contribution in [0.4, 0.5) is 5.00 Å². The summed E-state index contributed by atoms with van der Waals surface area (Å²) in [6, 6.07) is 1.39. The number of hydrazone groups is 1. The molecule has 0 bridgehead atoms. The van der Waals surface area contributed by atoms with Gasteiger partial charge in [0.15, 0.2) is 4.32 Å². The van der Waals surface area contributed by atoms with Crippen molar-refractivity contribution in [1.82, 2.24) is 5.01 Å². The van der Waals surface area contributed by atoms with Crippen LogP contribution in [-0.2, 0) is 4.79 Å². The predicted octanol–water partition coefficient (Wildman–Crippen LogP) is 1.85. The third kappa shape index (κ3) is 2.68. The Morgan fingerprint density at radius 1 is 1.65 bits per heavy atom. The lowest BCUT2D eigenvalue weighted by Gasteiger charge is -2.05. The minimum absolute atomic E-state index is 0.0381. The Labute approximate surface area is 109 Å². The van der Waals surface area contributed by atoms with Crippen LogP contribution in [-0.4, -0.2) is 32.1 Å². The number of carbonyl (C=O) groups excluding carboxylic acids is 1. The van der Waals surface area contributed by atoms with E-state index in [1.54, 1.807) is 5.38 Å². The van der Waals surface area contributed by atoms with Crippen LogP contribution in [0.5, 0.6) is 0 Å². The van der Waals surface area contributed by atoms with Crippen molar-refractivity contribution in [2.75, 3.05) is 5.75 Å². The molecule has 9 heteroatoms. The van der Waals surface area contributed by atoms with Crippen LogP contribution in [0.1, 0.15) is 5.56 Å². The summed E-state index contributed by atoms with van der Waals surface area (Å²) in [4.78, 5) is 21.3. The summed E-state index contributed by atoms with van der Waals surface area (Å²) in [6.45, 7) is 0. The van der Waals surface area contributed by atoms with E-state index < -0.39 is 4.92 Å². The highest BCUT2D eigenvalue weighted by molar-refractivity contribution is 8.23. The highest BCUT2D eigenvalue weighted by Gasteiger charge is 2.26. The molecule has 1 amide bonds. The monoisotopic (exact) mass is 287 g/mol. The number of thioether (sulfide) groups is 1. The fourth-order valence-corrected chi connectivity index (χ4v) is 2.73. The molecule has 2 heterocycles. The van der Waals surface area contributed by atoms with Crippen molar-refractivity contribution in [2.24, 2.45) is 5.10 Å². The zero-order valence-electron chi connectivity index (χ0n) is 8.23. The zero-order valence-corrected chi connectivity index (χ0v) is 10.7. The molecule has 2 rings (SSSR count). The van der Waals surface area contributed by atoms with Crippen molar-refractivity contribution in [3.05, 3.63) is 27.1 Å². The maximum atomic E-state index is 11.3. The van der Waals surface area contributed by atoms with Crippen molar-refractivity contribution >= 4 is 56.8 Å². The van der Waals surface area contributed by atoms with E-state index in [1.807, 2.05) is 0 Å². The molecule has 0 radical (unpaired) electrons. The molecule has 1 aromatic rings. The molecule has 0 spiro atoms. The highest BCUT2D eigenvalue weighted by Crippen LogP contribution is 2.22. The van der Waals surface area contributed by atoms with Crippen LogP contribution in [0.15, 0.2) is 16.5 Å². The Morgan fingerprint density at radius 3 is 2.94 bits per heavy atom. The molecule has 1 aromatic heterocycles. The highest BCUT2D eigenvalue weighted by atomic mass is 32.2. The van der Waals surface area contributed by atoms with Gasteiger partial charge in [0, 0.05) is 17.0 Å². The SMILES string of the molecule is O=C1CSC(=S)N1/N=C/c1csc([N+](=O)[O-])c1. The summed E-state index contributed by atoms with van der Waals surface area (Å²) in [7, 11) is 0. The minimum Gasteiger partial charge on any atom is -0.272 e. The first kappa shape index (κ1) is 12.1. The third-order valence-corrected chi connectivity index (χ3v) is 4.07. The molecule has 1 fully saturated rings. The Bertz CT molecular complexity index is 509. The van der Waals surface area contributed by atoms with Crippen LogP contribution < -0.4 is 0 Å². The average molecular weight is 287 g/mol. The molecule has 1 aliphatic rings. The molecule has 0 unspecified atom stereocenters. The molecule has 1 aliphatic heterocycles. The molecule has 0 aliphatic carbocycles. The van der Waals surface area contributed by atoms with Gasteiger partial charge in [-0.25, -0.2) is 0 Å². The van der Waals surface area contributed by atoms with Crippen molar-refractivity contribution < 1.29 is 9.72 Å². The van der Waals surface area contributed by atoms with E-state index in [4.69, 9.17) is 12.2 Å². The molecular weight excluding hydrogens is 282 g/mol. The molecule has 6 nitrogen and oxygen atoms in total. The van der Waals surface area contributed by atoms with Crippen molar-refractivity contribution in [2.45, 2.75) is 0 Å². The Hall–Kier alpha value is -1.32. The van der Waals surface area contributed by atoms with Gasteiger partial charge in [0.2, 0.25) is 0 Å². The fourth-order valence-electron chi connectivity index (χ4n) is 1.09. The first-order valence-corrected chi connectivity index (χ1v) is 6.62. The third-order valence-electron chi connectivity index (χ3n) is 1.84. The molecule has 0 saturated carbocycles. The average Bonchev–Trinajstić information content (AvgIpc) is 2.85. The number of amides is 1. The summed E-state index contributed by atoms with van der Waals surface area (Å²) in [5, 5.41) is 17.1. The van der Waals surface area contributed by atoms with Gasteiger partial charge in [-0.15, -0.1) is 0 Å². The lowest BCUT2D eigenvalue weighted by molar-refractivity contribution is -0.380. The standard InChI is InChI=1S/C8H5N3O3S3/c12-6-4-17-8(15)10(6)9-2-5-1-7(11(13)14)16-3-5/h1-3H,4H2/b9-2+. The van der Waals surface area contributed by atoms with Gasteiger partial charge in [-0.1, -0.05) is 35.3 Å². The maximum Gasteiger partial charge on any atom is 0.324 e. The first-order valence-electron chi connectivity index (χ1n) is 4.34. The fraction of sp³-hybridized carbons (Fsp3) is 0.125. The van der Waals surface area contributed by atoms with Crippen LogP contribution in [0.25, 0.3) is 0 Å². The molecule has 1 saturated heterocycles. The van der Waals surface area contributed by atoms with Crippen LogP contribution in [0, 0.1) is 10.1 Å². The number of carbonyl (C=O) groups is 1. The van der Waals surface area contributed by atoms with Gasteiger partial charge in [-0.3, -0.25) is 14.9 Å². The van der Waals surface area contributed by atoms with Crippen LogP contribution in [0.3, 0.4) is 0 Å². The summed E-state index contributed by atoms with van der Waals surface area (Å²) in [5.74, 6) is 0.112. The maximum absolute atomic E-state index is 11.3. The van der Waals surface area contributed by atoms with Gasteiger partial charge in [0.05, 0.1) is 16.9 Å². The number of nitro groups is 1. The second kappa shape index (κ2) is 4.90. The molecule has 0 N–H and O–H groups in total. The summed E-state index contributed by atoms with van der Waals surface area (Å²) in [5.41, 5.74) is 0.578. The normalized spacial score (nSPS) is 16.1. The second-order valence-corrected chi connectivity index (χ2v) is 5.48. The first-order chi connectivity index (χ1) is 8.08. The molecule has 88 valence electrons. The number of hydrogen-bond acceptors (Lipinski definition) is 7. The van der Waals surface area contributed by atoms with Gasteiger partial charge in [-0.2, -0.15) is 10.1 Å².